The number of carbonyl (C=O) groups is 2. The number of carbonyl (C=O) groups excluding carboxylic acids is 2. The molecule has 0 bridgehead atoms. The molecule has 1 fully saturated rings. The molecule has 0 atom stereocenters. The summed E-state index contributed by atoms with van der Waals surface area (Å²) in [5.41, 5.74) is 5.76. The molecular weight excluding hydrogens is 290 g/mol. The first-order valence-electron chi connectivity index (χ1n) is 7.06. The third-order valence-electron chi connectivity index (χ3n) is 3.15. The lowest BCUT2D eigenvalue weighted by atomic mass is 9.93. The third kappa shape index (κ3) is 4.32. The first-order chi connectivity index (χ1) is 9.95. The van der Waals surface area contributed by atoms with Gasteiger partial charge < -0.3 is 21.7 Å². The van der Waals surface area contributed by atoms with Crippen molar-refractivity contribution in [3.8, 4) is 0 Å². The molecule has 0 unspecified atom stereocenters. The second-order valence-corrected chi connectivity index (χ2v) is 6.41. The van der Waals surface area contributed by atoms with Crippen LogP contribution in [0.1, 0.15) is 42.8 Å². The molecular formula is C13H21N5O2S. The van der Waals surface area contributed by atoms with Gasteiger partial charge in [0, 0.05) is 12.1 Å². The minimum absolute atomic E-state index is 0.0427. The predicted octanol–water partition coefficient (Wildman–Crippen LogP) is 0.944. The van der Waals surface area contributed by atoms with Crippen molar-refractivity contribution in [1.29, 1.82) is 0 Å². The van der Waals surface area contributed by atoms with E-state index in [9.17, 15) is 9.59 Å². The molecule has 1 aromatic rings. The Labute approximate surface area is 127 Å². The fourth-order valence-corrected chi connectivity index (χ4v) is 2.78. The average molecular weight is 311 g/mol. The van der Waals surface area contributed by atoms with Gasteiger partial charge in [-0.05, 0) is 33.1 Å². The number of nitrogen functional groups attached to an aromatic ring is 1. The van der Waals surface area contributed by atoms with E-state index in [2.05, 4.69) is 20.9 Å². The molecule has 1 aliphatic carbocycles. The van der Waals surface area contributed by atoms with Crippen LogP contribution in [0.3, 0.4) is 0 Å². The number of thiazole rings is 1. The van der Waals surface area contributed by atoms with Crippen molar-refractivity contribution in [3.63, 3.8) is 0 Å². The van der Waals surface area contributed by atoms with Crippen LogP contribution in [-0.2, 0) is 4.79 Å². The average Bonchev–Trinajstić information content (AvgIpc) is 2.71. The molecule has 0 aliphatic heterocycles. The highest BCUT2D eigenvalue weighted by molar-refractivity contribution is 7.18. The normalized spacial score (nSPS) is 14.6. The van der Waals surface area contributed by atoms with Crippen LogP contribution >= 0.6 is 11.3 Å². The van der Waals surface area contributed by atoms with Gasteiger partial charge in [0.25, 0.3) is 5.91 Å². The molecule has 0 aromatic carbocycles. The molecule has 1 aliphatic rings. The van der Waals surface area contributed by atoms with E-state index < -0.39 is 0 Å². The number of nitrogens with two attached hydrogens (primary N) is 1. The van der Waals surface area contributed by atoms with Crippen molar-refractivity contribution >= 4 is 34.1 Å². The van der Waals surface area contributed by atoms with Gasteiger partial charge in [-0.25, -0.2) is 4.98 Å². The molecule has 2 rings (SSSR count). The summed E-state index contributed by atoms with van der Waals surface area (Å²) in [7, 11) is 0. The molecule has 5 N–H and O–H groups in total. The Morgan fingerprint density at radius 2 is 2.14 bits per heavy atom. The van der Waals surface area contributed by atoms with Crippen LogP contribution in [0.2, 0.25) is 0 Å². The van der Waals surface area contributed by atoms with Crippen molar-refractivity contribution in [3.05, 3.63) is 4.88 Å². The highest BCUT2D eigenvalue weighted by Gasteiger charge is 2.21. The number of nitrogens with zero attached hydrogens (tertiary/aromatic N) is 1. The zero-order valence-corrected chi connectivity index (χ0v) is 13.0. The van der Waals surface area contributed by atoms with Gasteiger partial charge in [0.1, 0.15) is 10.7 Å². The van der Waals surface area contributed by atoms with Gasteiger partial charge in [-0.15, -0.1) is 0 Å². The predicted molar refractivity (Wildman–Crippen MR) is 83.4 cm³/mol. The summed E-state index contributed by atoms with van der Waals surface area (Å²) in [4.78, 5) is 28.0. The minimum atomic E-state index is -0.370. The standard InChI is InChI=1S/C13H21N5O2S/c1-7(2)16-9(19)6-15-12(20)10-11(14)18-13(21-10)17-8-4-3-5-8/h7-8H,3-6,14H2,1-2H3,(H,15,20)(H,16,19)(H,17,18). The Balaban J connectivity index is 1.88. The molecule has 21 heavy (non-hydrogen) atoms. The summed E-state index contributed by atoms with van der Waals surface area (Å²) < 4.78 is 0. The minimum Gasteiger partial charge on any atom is -0.382 e. The van der Waals surface area contributed by atoms with Gasteiger partial charge in [0.15, 0.2) is 5.13 Å². The van der Waals surface area contributed by atoms with E-state index in [1.54, 1.807) is 0 Å². The Kier molecular flexibility index (Phi) is 5.00. The first kappa shape index (κ1) is 15.6. The summed E-state index contributed by atoms with van der Waals surface area (Å²) in [6, 6.07) is 0.476. The lowest BCUT2D eigenvalue weighted by Gasteiger charge is -2.25. The number of rotatable bonds is 6. The largest absolute Gasteiger partial charge is 0.382 e. The van der Waals surface area contributed by atoms with Crippen LogP contribution in [0, 0.1) is 0 Å². The number of hydrogen-bond donors (Lipinski definition) is 4. The first-order valence-corrected chi connectivity index (χ1v) is 7.87. The lowest BCUT2D eigenvalue weighted by Crippen LogP contribution is -2.39. The third-order valence-corrected chi connectivity index (χ3v) is 4.15. The van der Waals surface area contributed by atoms with Crippen molar-refractivity contribution in [2.45, 2.75) is 45.2 Å². The molecule has 0 saturated heterocycles. The topological polar surface area (TPSA) is 109 Å². The fourth-order valence-electron chi connectivity index (χ4n) is 1.90. The van der Waals surface area contributed by atoms with Crippen molar-refractivity contribution < 1.29 is 9.59 Å². The zero-order valence-electron chi connectivity index (χ0n) is 12.2. The molecule has 0 radical (unpaired) electrons. The van der Waals surface area contributed by atoms with Crippen LogP contribution in [0.15, 0.2) is 0 Å². The Morgan fingerprint density at radius 1 is 1.43 bits per heavy atom. The van der Waals surface area contributed by atoms with E-state index in [4.69, 9.17) is 5.73 Å². The van der Waals surface area contributed by atoms with E-state index in [0.717, 1.165) is 12.8 Å². The van der Waals surface area contributed by atoms with Gasteiger partial charge in [0.2, 0.25) is 5.91 Å². The molecule has 8 heteroatoms. The van der Waals surface area contributed by atoms with Crippen LogP contribution in [-0.4, -0.2) is 35.4 Å². The molecule has 1 heterocycles. The maximum atomic E-state index is 12.0. The molecule has 1 aromatic heterocycles. The van der Waals surface area contributed by atoms with E-state index in [0.29, 0.717) is 16.1 Å². The van der Waals surface area contributed by atoms with Crippen molar-refractivity contribution in [1.82, 2.24) is 15.6 Å². The van der Waals surface area contributed by atoms with Crippen LogP contribution in [0.25, 0.3) is 0 Å². The van der Waals surface area contributed by atoms with Gasteiger partial charge in [-0.1, -0.05) is 11.3 Å². The number of nitrogens with one attached hydrogen (secondary N) is 3. The van der Waals surface area contributed by atoms with Gasteiger partial charge in [0.05, 0.1) is 6.54 Å². The molecule has 1 saturated carbocycles. The zero-order chi connectivity index (χ0) is 15.4. The van der Waals surface area contributed by atoms with E-state index >= 15 is 0 Å². The number of amides is 2. The number of aromatic nitrogens is 1. The van der Waals surface area contributed by atoms with Crippen LogP contribution < -0.4 is 21.7 Å². The summed E-state index contributed by atoms with van der Waals surface area (Å²) in [5.74, 6) is -0.400. The maximum Gasteiger partial charge on any atom is 0.265 e. The highest BCUT2D eigenvalue weighted by atomic mass is 32.1. The summed E-state index contributed by atoms with van der Waals surface area (Å²) in [6.45, 7) is 3.65. The maximum absolute atomic E-state index is 12.0. The molecule has 0 spiro atoms. The molecule has 2 amide bonds. The fraction of sp³-hybridized carbons (Fsp3) is 0.615. The highest BCUT2D eigenvalue weighted by Crippen LogP contribution is 2.29. The number of anilines is 2. The monoisotopic (exact) mass is 311 g/mol. The van der Waals surface area contributed by atoms with E-state index in [1.165, 1.54) is 17.8 Å². The Hall–Kier alpha value is -1.83. The van der Waals surface area contributed by atoms with Gasteiger partial charge in [-0.3, -0.25) is 9.59 Å². The molecule has 7 nitrogen and oxygen atoms in total. The van der Waals surface area contributed by atoms with Crippen molar-refractivity contribution in [2.75, 3.05) is 17.6 Å². The second kappa shape index (κ2) is 6.75. The lowest BCUT2D eigenvalue weighted by molar-refractivity contribution is -0.120. The van der Waals surface area contributed by atoms with E-state index in [-0.39, 0.29) is 30.2 Å². The van der Waals surface area contributed by atoms with Crippen LogP contribution in [0.5, 0.6) is 0 Å². The van der Waals surface area contributed by atoms with Crippen molar-refractivity contribution in [2.24, 2.45) is 0 Å². The van der Waals surface area contributed by atoms with Crippen LogP contribution in [0.4, 0.5) is 10.9 Å². The SMILES string of the molecule is CC(C)NC(=O)CNC(=O)c1sc(NC2CCC2)nc1N. The number of hydrogen-bond acceptors (Lipinski definition) is 6. The summed E-state index contributed by atoms with van der Waals surface area (Å²) in [5, 5.41) is 9.17. The summed E-state index contributed by atoms with van der Waals surface area (Å²) >= 11 is 1.22. The van der Waals surface area contributed by atoms with Gasteiger partial charge in [-0.2, -0.15) is 0 Å². The second-order valence-electron chi connectivity index (χ2n) is 5.41. The van der Waals surface area contributed by atoms with Gasteiger partial charge >= 0.3 is 0 Å². The Bertz CT molecular complexity index is 525. The smallest absolute Gasteiger partial charge is 0.265 e. The quantitative estimate of drug-likeness (QED) is 0.625. The molecule has 116 valence electrons. The summed E-state index contributed by atoms with van der Waals surface area (Å²) in [6.07, 6.45) is 3.46. The van der Waals surface area contributed by atoms with E-state index in [1.807, 2.05) is 13.8 Å². The Morgan fingerprint density at radius 3 is 2.71 bits per heavy atom.